The maximum atomic E-state index is 5.41. The smallest absolute Gasteiger partial charge is 0.0718 e. The Balaban J connectivity index is 1.17. The Kier molecular flexibility index (Phi) is 8.84. The first kappa shape index (κ1) is 36.8. The van der Waals surface area contributed by atoms with E-state index in [1.54, 1.807) is 0 Å². The molecule has 6 heteroatoms. The lowest BCUT2D eigenvalue weighted by atomic mass is 9.85. The highest BCUT2D eigenvalue weighted by Gasteiger charge is 2.30. The largest absolute Gasteiger partial charge is 0.374 e. The molecule has 8 aromatic carbocycles. The Hall–Kier alpha value is -6.99. The zero-order chi connectivity index (χ0) is 41.3. The quantitative estimate of drug-likeness (QED) is 0.174. The van der Waals surface area contributed by atoms with Gasteiger partial charge < -0.3 is 15.1 Å². The average molecular weight is 833 g/mol. The van der Waals surface area contributed by atoms with Gasteiger partial charge in [0.05, 0.1) is 34.5 Å². The van der Waals surface area contributed by atoms with Gasteiger partial charge in [-0.2, -0.15) is 0 Å². The number of aryl methyl sites for hydroxylation is 1. The van der Waals surface area contributed by atoms with E-state index in [0.717, 1.165) is 50.3 Å². The van der Waals surface area contributed by atoms with Crippen molar-refractivity contribution in [2.45, 2.75) is 39.5 Å². The second-order valence-electron chi connectivity index (χ2n) is 15.9. The van der Waals surface area contributed by atoms with Crippen molar-refractivity contribution in [1.29, 1.82) is 0 Å². The molecule has 0 radical (unpaired) electrons. The molecule has 12 rings (SSSR count). The topological polar surface area (TPSA) is 31.4 Å². The molecule has 3 aliphatic rings. The average Bonchev–Trinajstić information content (AvgIpc) is 3.32. The number of allylic oxidation sites excluding steroid dienone is 1. The van der Waals surface area contributed by atoms with Crippen LogP contribution in [0.15, 0.2) is 202 Å². The molecule has 296 valence electrons. The molecular weight excluding hydrogens is 793 g/mol. The zero-order valence-electron chi connectivity index (χ0n) is 34.2. The van der Waals surface area contributed by atoms with E-state index < -0.39 is 0 Å². The van der Waals surface area contributed by atoms with Crippen LogP contribution >= 0.6 is 23.5 Å². The second kappa shape index (κ2) is 14.9. The van der Waals surface area contributed by atoms with Gasteiger partial charge >= 0.3 is 0 Å². The molecule has 1 unspecified atom stereocenters. The summed E-state index contributed by atoms with van der Waals surface area (Å²) in [6.07, 6.45) is 8.84. The van der Waals surface area contributed by atoms with Crippen LogP contribution in [0.25, 0.3) is 45.0 Å². The van der Waals surface area contributed by atoms with Crippen molar-refractivity contribution in [3.63, 3.8) is 0 Å². The number of pyridine rings is 1. The summed E-state index contributed by atoms with van der Waals surface area (Å²) in [5, 5.41) is 8.69. The van der Waals surface area contributed by atoms with Gasteiger partial charge in [0, 0.05) is 47.9 Å². The lowest BCUT2D eigenvalue weighted by Crippen LogP contribution is -2.16. The first-order valence-corrected chi connectivity index (χ1v) is 22.7. The number of rotatable bonds is 5. The Labute approximate surface area is 370 Å². The van der Waals surface area contributed by atoms with Gasteiger partial charge in [0.2, 0.25) is 0 Å². The molecule has 3 aliphatic heterocycles. The van der Waals surface area contributed by atoms with Crippen LogP contribution in [0.4, 0.5) is 39.8 Å². The van der Waals surface area contributed by atoms with Crippen LogP contribution in [0.5, 0.6) is 0 Å². The number of nitrogens with zero attached hydrogens (tertiary/aromatic N) is 3. The normalized spacial score (nSPS) is 14.9. The molecule has 0 saturated carbocycles. The van der Waals surface area contributed by atoms with Gasteiger partial charge in [0.15, 0.2) is 0 Å². The van der Waals surface area contributed by atoms with Gasteiger partial charge in [-0.15, -0.1) is 0 Å². The molecule has 0 saturated heterocycles. The van der Waals surface area contributed by atoms with Crippen LogP contribution in [-0.4, -0.2) is 4.98 Å². The molecule has 1 N–H and O–H groups in total. The van der Waals surface area contributed by atoms with E-state index in [4.69, 9.17) is 4.98 Å². The fourth-order valence-corrected chi connectivity index (χ4v) is 11.6. The summed E-state index contributed by atoms with van der Waals surface area (Å²) in [7, 11) is 0. The van der Waals surface area contributed by atoms with Crippen molar-refractivity contribution >= 4 is 97.0 Å². The van der Waals surface area contributed by atoms with Gasteiger partial charge in [-0.1, -0.05) is 133 Å². The number of benzene rings is 8. The van der Waals surface area contributed by atoms with E-state index in [1.807, 2.05) is 23.5 Å². The van der Waals surface area contributed by atoms with Crippen molar-refractivity contribution in [3.05, 3.63) is 204 Å². The van der Waals surface area contributed by atoms with Crippen LogP contribution in [0.3, 0.4) is 0 Å². The molecule has 4 nitrogen and oxygen atoms in total. The minimum absolute atomic E-state index is 0.0962. The first-order chi connectivity index (χ1) is 30.6. The molecule has 0 spiro atoms. The molecular formula is C56H40N4S2. The number of nitrogens with one attached hydrogen (secondary N) is 1. The second-order valence-corrected chi connectivity index (χ2v) is 18.1. The standard InChI is InChI=1S/C56H40N4S2/c1-3-14-36-25-31-45(57-35(36)2)55-40-29-27-39(60-49-19-8-12-23-53(49)62-54-24-13-9-20-50(54)60)34-43(40)56(46-32-26-37-15-4-5-16-44(37)58-46)41-30-28-38(33-42(41)55)59-47-17-6-10-21-51(47)61-52-22-11-7-18-48(52)59/h3-34,46,58H,1-2H3/b14-3-. The summed E-state index contributed by atoms with van der Waals surface area (Å²) in [5.74, 6) is 0. The van der Waals surface area contributed by atoms with Crippen LogP contribution in [0.2, 0.25) is 0 Å². The summed E-state index contributed by atoms with van der Waals surface area (Å²) in [6.45, 7) is 4.18. The minimum atomic E-state index is -0.0962. The van der Waals surface area contributed by atoms with Crippen molar-refractivity contribution in [2.75, 3.05) is 15.1 Å². The third-order valence-corrected chi connectivity index (χ3v) is 14.5. The summed E-state index contributed by atoms with van der Waals surface area (Å²) in [5.41, 5.74) is 14.7. The molecule has 0 bridgehead atoms. The highest BCUT2D eigenvalue weighted by Crippen LogP contribution is 2.55. The molecule has 0 aliphatic carbocycles. The number of anilines is 7. The maximum absolute atomic E-state index is 5.41. The Morgan fingerprint density at radius 1 is 0.548 bits per heavy atom. The van der Waals surface area contributed by atoms with Gasteiger partial charge in [-0.25, -0.2) is 0 Å². The van der Waals surface area contributed by atoms with Crippen molar-refractivity contribution in [1.82, 2.24) is 4.98 Å². The van der Waals surface area contributed by atoms with Crippen LogP contribution in [0, 0.1) is 6.92 Å². The van der Waals surface area contributed by atoms with E-state index in [9.17, 15) is 0 Å². The maximum Gasteiger partial charge on any atom is 0.0718 e. The van der Waals surface area contributed by atoms with Gasteiger partial charge in [-0.05, 0) is 137 Å². The predicted molar refractivity (Wildman–Crippen MR) is 264 cm³/mol. The fraction of sp³-hybridized carbons (Fsp3) is 0.0536. The van der Waals surface area contributed by atoms with Crippen molar-refractivity contribution in [3.8, 4) is 11.3 Å². The van der Waals surface area contributed by atoms with E-state index in [2.05, 4.69) is 223 Å². The summed E-state index contributed by atoms with van der Waals surface area (Å²) in [4.78, 5) is 15.2. The Bertz CT molecular complexity index is 3260. The van der Waals surface area contributed by atoms with E-state index in [1.165, 1.54) is 64.2 Å². The molecule has 0 fully saturated rings. The number of para-hydroxylation sites is 5. The Morgan fingerprint density at radius 3 is 1.66 bits per heavy atom. The highest BCUT2D eigenvalue weighted by molar-refractivity contribution is 8.00. The predicted octanol–water partition coefficient (Wildman–Crippen LogP) is 16.4. The van der Waals surface area contributed by atoms with Crippen LogP contribution in [0.1, 0.15) is 35.3 Å². The van der Waals surface area contributed by atoms with Crippen molar-refractivity contribution < 1.29 is 0 Å². The van der Waals surface area contributed by atoms with E-state index in [0.29, 0.717) is 0 Å². The van der Waals surface area contributed by atoms with Crippen molar-refractivity contribution in [2.24, 2.45) is 0 Å². The highest BCUT2D eigenvalue weighted by atomic mass is 32.2. The lowest BCUT2D eigenvalue weighted by Gasteiger charge is -2.34. The molecule has 1 aromatic heterocycles. The van der Waals surface area contributed by atoms with Gasteiger partial charge in [0.25, 0.3) is 0 Å². The third-order valence-electron chi connectivity index (χ3n) is 12.3. The van der Waals surface area contributed by atoms with Crippen LogP contribution < -0.4 is 15.1 Å². The zero-order valence-corrected chi connectivity index (χ0v) is 35.8. The monoisotopic (exact) mass is 832 g/mol. The first-order valence-electron chi connectivity index (χ1n) is 21.1. The molecule has 1 atom stereocenters. The van der Waals surface area contributed by atoms with Gasteiger partial charge in [-0.3, -0.25) is 4.98 Å². The minimum Gasteiger partial charge on any atom is -0.374 e. The molecule has 4 heterocycles. The summed E-state index contributed by atoms with van der Waals surface area (Å²) < 4.78 is 0. The number of aromatic nitrogens is 1. The summed E-state index contributed by atoms with van der Waals surface area (Å²) in [6, 6.07) is 62.1. The number of hydrogen-bond acceptors (Lipinski definition) is 6. The molecule has 62 heavy (non-hydrogen) atoms. The SMILES string of the molecule is C/C=C\c1ccc(-c2c3cc(N4c5ccccc5Sc5ccccc54)ccc3c(C3C=Cc4ccccc4N3)c3cc(N4c5ccccc5Sc5ccccc54)ccc23)nc1C. The third kappa shape index (κ3) is 5.97. The number of fused-ring (bicyclic) bond motifs is 7. The molecule has 9 aromatic rings. The van der Waals surface area contributed by atoms with E-state index in [-0.39, 0.29) is 6.04 Å². The Morgan fingerprint density at radius 2 is 1.08 bits per heavy atom. The fourth-order valence-electron chi connectivity index (χ4n) is 9.52. The van der Waals surface area contributed by atoms with Gasteiger partial charge in [0.1, 0.15) is 0 Å². The lowest BCUT2D eigenvalue weighted by molar-refractivity contribution is 1.00. The number of hydrogen-bond donors (Lipinski definition) is 1. The summed E-state index contributed by atoms with van der Waals surface area (Å²) >= 11 is 3.67. The van der Waals surface area contributed by atoms with E-state index >= 15 is 0 Å². The van der Waals surface area contributed by atoms with Crippen LogP contribution in [-0.2, 0) is 0 Å². The molecule has 0 amide bonds.